The van der Waals surface area contributed by atoms with Crippen molar-refractivity contribution in [2.45, 2.75) is 37.0 Å². The molecule has 0 atom stereocenters. The van der Waals surface area contributed by atoms with Crippen molar-refractivity contribution in [2.24, 2.45) is 5.92 Å². The minimum Gasteiger partial charge on any atom is -0.326 e. The van der Waals surface area contributed by atoms with Gasteiger partial charge in [0.15, 0.2) is 0 Å². The van der Waals surface area contributed by atoms with Crippen molar-refractivity contribution in [3.8, 4) is 0 Å². The predicted octanol–water partition coefficient (Wildman–Crippen LogP) is 1.58. The van der Waals surface area contributed by atoms with Crippen LogP contribution in [0.4, 0.5) is 5.69 Å². The summed E-state index contributed by atoms with van der Waals surface area (Å²) in [6, 6.07) is 5.06. The topological polar surface area (TPSA) is 78.5 Å². The highest BCUT2D eigenvalue weighted by molar-refractivity contribution is 7.89. The number of carbonyl (C=O) groups is 1. The molecule has 6 nitrogen and oxygen atoms in total. The fourth-order valence-electron chi connectivity index (χ4n) is 3.50. The van der Waals surface area contributed by atoms with E-state index in [4.69, 9.17) is 0 Å². The Hall–Kier alpha value is -1.44. The second-order valence-corrected chi connectivity index (χ2v) is 8.56. The molecule has 7 heteroatoms. The summed E-state index contributed by atoms with van der Waals surface area (Å²) in [7, 11) is -1.53. The van der Waals surface area contributed by atoms with Crippen LogP contribution in [0.3, 0.4) is 0 Å². The largest absolute Gasteiger partial charge is 0.326 e. The van der Waals surface area contributed by atoms with Gasteiger partial charge in [0.1, 0.15) is 0 Å². The van der Waals surface area contributed by atoms with Crippen LogP contribution in [0.5, 0.6) is 0 Å². The van der Waals surface area contributed by atoms with Crippen molar-refractivity contribution in [2.75, 3.05) is 32.0 Å². The number of hydrogen-bond donors (Lipinski definition) is 2. The summed E-state index contributed by atoms with van der Waals surface area (Å²) < 4.78 is 27.4. The highest BCUT2D eigenvalue weighted by Crippen LogP contribution is 2.28. The van der Waals surface area contributed by atoms with Crippen LogP contribution in [0.2, 0.25) is 0 Å². The van der Waals surface area contributed by atoms with Gasteiger partial charge in [-0.15, -0.1) is 0 Å². The SMILES string of the molecule is CNCC1CCN(S(=O)(=O)c2ccc3c(c2)CCCC(=O)N3)CC1. The van der Waals surface area contributed by atoms with Crippen LogP contribution in [0.25, 0.3) is 0 Å². The van der Waals surface area contributed by atoms with Crippen molar-refractivity contribution in [1.29, 1.82) is 0 Å². The van der Waals surface area contributed by atoms with Crippen molar-refractivity contribution in [1.82, 2.24) is 9.62 Å². The lowest BCUT2D eigenvalue weighted by Gasteiger charge is -2.31. The molecule has 3 rings (SSSR count). The number of amides is 1. The first-order valence-electron chi connectivity index (χ1n) is 8.58. The summed E-state index contributed by atoms with van der Waals surface area (Å²) in [5, 5.41) is 6.01. The standard InChI is InChI=1S/C17H25N3O3S/c1-18-12-13-7-9-20(10-8-13)24(22,23)15-5-6-16-14(11-15)3-2-4-17(21)19-16/h5-6,11,13,18H,2-4,7-10,12H2,1H3,(H,19,21). The molecule has 0 spiro atoms. The lowest BCUT2D eigenvalue weighted by atomic mass is 9.98. The minimum atomic E-state index is -3.46. The van der Waals surface area contributed by atoms with Gasteiger partial charge in [-0.25, -0.2) is 8.42 Å². The summed E-state index contributed by atoms with van der Waals surface area (Å²) in [4.78, 5) is 12.0. The number of fused-ring (bicyclic) bond motifs is 1. The Kier molecular flexibility index (Phi) is 5.22. The number of anilines is 1. The number of sulfonamides is 1. The van der Waals surface area contributed by atoms with Crippen LogP contribution in [0.1, 0.15) is 31.2 Å². The van der Waals surface area contributed by atoms with Crippen molar-refractivity contribution >= 4 is 21.6 Å². The molecular formula is C17H25N3O3S. The number of carbonyl (C=O) groups excluding carboxylic acids is 1. The Labute approximate surface area is 143 Å². The number of piperidine rings is 1. The second-order valence-electron chi connectivity index (χ2n) is 6.63. The Morgan fingerprint density at radius 2 is 2.00 bits per heavy atom. The predicted molar refractivity (Wildman–Crippen MR) is 93.4 cm³/mol. The van der Waals surface area contributed by atoms with Gasteiger partial charge in [0.25, 0.3) is 0 Å². The highest BCUT2D eigenvalue weighted by atomic mass is 32.2. The van der Waals surface area contributed by atoms with Gasteiger partial charge >= 0.3 is 0 Å². The molecule has 2 N–H and O–H groups in total. The minimum absolute atomic E-state index is 0.00374. The van der Waals surface area contributed by atoms with Gasteiger partial charge in [0.05, 0.1) is 4.90 Å². The maximum absolute atomic E-state index is 12.9. The first-order valence-corrected chi connectivity index (χ1v) is 10.0. The van der Waals surface area contributed by atoms with Gasteiger partial charge in [0, 0.05) is 25.2 Å². The molecule has 0 radical (unpaired) electrons. The van der Waals surface area contributed by atoms with Crippen molar-refractivity contribution in [3.63, 3.8) is 0 Å². The van der Waals surface area contributed by atoms with E-state index in [1.165, 1.54) is 0 Å². The van der Waals surface area contributed by atoms with Gasteiger partial charge in [0.2, 0.25) is 15.9 Å². The summed E-state index contributed by atoms with van der Waals surface area (Å²) in [5.74, 6) is 0.541. The van der Waals surface area contributed by atoms with E-state index in [0.717, 1.165) is 43.5 Å². The quantitative estimate of drug-likeness (QED) is 0.863. The third kappa shape index (κ3) is 3.63. The first-order chi connectivity index (χ1) is 11.5. The van der Waals surface area contributed by atoms with Crippen LogP contribution >= 0.6 is 0 Å². The third-order valence-electron chi connectivity index (χ3n) is 4.90. The molecule has 1 fully saturated rings. The number of hydrogen-bond acceptors (Lipinski definition) is 4. The Bertz CT molecular complexity index is 710. The summed E-state index contributed by atoms with van der Waals surface area (Å²) >= 11 is 0. The second kappa shape index (κ2) is 7.21. The number of nitrogens with zero attached hydrogens (tertiary/aromatic N) is 1. The van der Waals surface area contributed by atoms with Gasteiger partial charge in [-0.2, -0.15) is 4.31 Å². The lowest BCUT2D eigenvalue weighted by Crippen LogP contribution is -2.40. The van der Waals surface area contributed by atoms with E-state index in [0.29, 0.717) is 30.3 Å². The zero-order chi connectivity index (χ0) is 17.2. The van der Waals surface area contributed by atoms with E-state index < -0.39 is 10.0 Å². The molecule has 2 heterocycles. The highest BCUT2D eigenvalue weighted by Gasteiger charge is 2.29. The van der Waals surface area contributed by atoms with Crippen LogP contribution < -0.4 is 10.6 Å². The Morgan fingerprint density at radius 3 is 2.71 bits per heavy atom. The molecule has 24 heavy (non-hydrogen) atoms. The molecule has 1 aromatic carbocycles. The van der Waals surface area contributed by atoms with E-state index >= 15 is 0 Å². The molecule has 0 aliphatic carbocycles. The van der Waals surface area contributed by atoms with E-state index in [-0.39, 0.29) is 5.91 Å². The molecule has 2 aliphatic heterocycles. The van der Waals surface area contributed by atoms with E-state index in [1.807, 2.05) is 7.05 Å². The van der Waals surface area contributed by atoms with Gasteiger partial charge in [-0.05, 0) is 69.0 Å². The van der Waals surface area contributed by atoms with Crippen LogP contribution in [0.15, 0.2) is 23.1 Å². The molecule has 0 aromatic heterocycles. The number of aryl methyl sites for hydroxylation is 1. The van der Waals surface area contributed by atoms with Gasteiger partial charge in [-0.1, -0.05) is 0 Å². The fourth-order valence-corrected chi connectivity index (χ4v) is 5.02. The smallest absolute Gasteiger partial charge is 0.243 e. The average molecular weight is 351 g/mol. The maximum Gasteiger partial charge on any atom is 0.243 e. The average Bonchev–Trinajstić information content (AvgIpc) is 2.75. The normalized spacial score (nSPS) is 20.3. The Balaban J connectivity index is 1.78. The fraction of sp³-hybridized carbons (Fsp3) is 0.588. The molecule has 1 saturated heterocycles. The first kappa shape index (κ1) is 17.4. The molecule has 132 valence electrons. The molecular weight excluding hydrogens is 326 g/mol. The lowest BCUT2D eigenvalue weighted by molar-refractivity contribution is -0.116. The number of nitrogens with one attached hydrogen (secondary N) is 2. The Morgan fingerprint density at radius 1 is 1.25 bits per heavy atom. The molecule has 0 bridgehead atoms. The third-order valence-corrected chi connectivity index (χ3v) is 6.80. The molecule has 0 unspecified atom stereocenters. The summed E-state index contributed by atoms with van der Waals surface area (Å²) in [5.41, 5.74) is 1.65. The zero-order valence-corrected chi connectivity index (χ0v) is 14.9. The summed E-state index contributed by atoms with van der Waals surface area (Å²) in [6.45, 7) is 2.08. The molecule has 2 aliphatic rings. The van der Waals surface area contributed by atoms with Crippen LogP contribution in [-0.2, 0) is 21.2 Å². The van der Waals surface area contributed by atoms with Crippen molar-refractivity contribution < 1.29 is 13.2 Å². The number of benzene rings is 1. The number of rotatable bonds is 4. The van der Waals surface area contributed by atoms with Crippen LogP contribution in [-0.4, -0.2) is 45.3 Å². The van der Waals surface area contributed by atoms with Gasteiger partial charge in [-0.3, -0.25) is 4.79 Å². The van der Waals surface area contributed by atoms with Crippen LogP contribution in [0, 0.1) is 5.92 Å². The molecule has 1 aromatic rings. The molecule has 1 amide bonds. The zero-order valence-electron chi connectivity index (χ0n) is 14.0. The van der Waals surface area contributed by atoms with E-state index in [2.05, 4.69) is 10.6 Å². The van der Waals surface area contributed by atoms with Crippen molar-refractivity contribution in [3.05, 3.63) is 23.8 Å². The molecule has 0 saturated carbocycles. The summed E-state index contributed by atoms with van der Waals surface area (Å²) in [6.07, 6.45) is 3.73. The van der Waals surface area contributed by atoms with Gasteiger partial charge < -0.3 is 10.6 Å². The monoisotopic (exact) mass is 351 g/mol. The maximum atomic E-state index is 12.9. The van der Waals surface area contributed by atoms with E-state index in [9.17, 15) is 13.2 Å². The van der Waals surface area contributed by atoms with E-state index in [1.54, 1.807) is 22.5 Å².